The van der Waals surface area contributed by atoms with Crippen LogP contribution in [-0.2, 0) is 6.54 Å². The molecule has 8 heteroatoms. The van der Waals surface area contributed by atoms with Gasteiger partial charge in [0.25, 0.3) is 5.91 Å². The molecule has 0 saturated carbocycles. The van der Waals surface area contributed by atoms with Gasteiger partial charge < -0.3 is 20.5 Å². The minimum absolute atomic E-state index is 0.0511. The summed E-state index contributed by atoms with van der Waals surface area (Å²) in [5.74, 6) is 0.801. The van der Waals surface area contributed by atoms with Crippen molar-refractivity contribution in [2.45, 2.75) is 20.4 Å². The highest BCUT2D eigenvalue weighted by molar-refractivity contribution is 6.06. The zero-order valence-corrected chi connectivity index (χ0v) is 16.3. The van der Waals surface area contributed by atoms with Crippen molar-refractivity contribution in [3.05, 3.63) is 58.8 Å². The molecule has 1 aromatic heterocycles. The smallest absolute Gasteiger partial charge is 0.280 e. The molecule has 0 spiro atoms. The van der Waals surface area contributed by atoms with Gasteiger partial charge in [-0.3, -0.25) is 4.79 Å². The Labute approximate surface area is 163 Å². The molecule has 3 aromatic rings. The van der Waals surface area contributed by atoms with E-state index in [2.05, 4.69) is 21.7 Å². The molecule has 0 saturated heterocycles. The van der Waals surface area contributed by atoms with Crippen molar-refractivity contribution in [1.82, 2.24) is 15.0 Å². The Kier molecular flexibility index (Phi) is 5.49. The number of anilines is 2. The molecule has 0 aliphatic rings. The number of hydrogen-bond acceptors (Lipinski definition) is 6. The molecule has 2 aromatic carbocycles. The number of rotatable bonds is 6. The summed E-state index contributed by atoms with van der Waals surface area (Å²) in [7, 11) is 3.07. The van der Waals surface area contributed by atoms with Gasteiger partial charge in [-0.1, -0.05) is 29.0 Å². The molecular weight excluding hydrogens is 358 g/mol. The van der Waals surface area contributed by atoms with Gasteiger partial charge in [-0.25, -0.2) is 4.68 Å². The molecule has 8 nitrogen and oxygen atoms in total. The molecule has 28 heavy (non-hydrogen) atoms. The average Bonchev–Trinajstić information content (AvgIpc) is 3.05. The second-order valence-corrected chi connectivity index (χ2v) is 6.43. The zero-order valence-electron chi connectivity index (χ0n) is 16.3. The number of carbonyl (C=O) groups excluding carboxylic acids is 1. The summed E-state index contributed by atoms with van der Waals surface area (Å²) < 4.78 is 12.0. The maximum absolute atomic E-state index is 12.7. The van der Waals surface area contributed by atoms with E-state index in [-0.39, 0.29) is 11.5 Å². The van der Waals surface area contributed by atoms with Crippen LogP contribution in [0, 0.1) is 13.8 Å². The second-order valence-electron chi connectivity index (χ2n) is 6.43. The molecule has 3 N–H and O–H groups in total. The quantitative estimate of drug-likeness (QED) is 0.680. The molecule has 0 radical (unpaired) electrons. The minimum Gasteiger partial charge on any atom is -0.497 e. The lowest BCUT2D eigenvalue weighted by Gasteiger charge is -2.11. The van der Waals surface area contributed by atoms with Crippen molar-refractivity contribution in [2.24, 2.45) is 0 Å². The van der Waals surface area contributed by atoms with Gasteiger partial charge in [0, 0.05) is 6.07 Å². The van der Waals surface area contributed by atoms with Crippen LogP contribution in [0.15, 0.2) is 36.4 Å². The van der Waals surface area contributed by atoms with E-state index in [1.165, 1.54) is 11.8 Å². The summed E-state index contributed by atoms with van der Waals surface area (Å²) in [6.45, 7) is 4.47. The third-order valence-corrected chi connectivity index (χ3v) is 4.47. The Bertz CT molecular complexity index is 1010. The Morgan fingerprint density at radius 3 is 2.64 bits per heavy atom. The number of nitrogen functional groups attached to an aromatic ring is 1. The van der Waals surface area contributed by atoms with Gasteiger partial charge in [-0.2, -0.15) is 0 Å². The van der Waals surface area contributed by atoms with Crippen LogP contribution in [0.5, 0.6) is 11.5 Å². The Morgan fingerprint density at radius 1 is 1.14 bits per heavy atom. The second kappa shape index (κ2) is 7.99. The van der Waals surface area contributed by atoms with Gasteiger partial charge >= 0.3 is 0 Å². The molecule has 0 unspecified atom stereocenters. The highest BCUT2D eigenvalue weighted by Crippen LogP contribution is 2.29. The number of nitrogens with one attached hydrogen (secondary N) is 1. The third-order valence-electron chi connectivity index (χ3n) is 4.47. The Morgan fingerprint density at radius 2 is 1.93 bits per heavy atom. The molecule has 0 atom stereocenters. The van der Waals surface area contributed by atoms with E-state index in [4.69, 9.17) is 15.2 Å². The number of nitrogens with zero attached hydrogens (tertiary/aromatic N) is 3. The van der Waals surface area contributed by atoms with Crippen LogP contribution in [0.2, 0.25) is 0 Å². The SMILES string of the molecule is COc1ccc(OC)c(NC(=O)c2nnn(Cc3cc(C)ccc3C)c2N)c1. The lowest BCUT2D eigenvalue weighted by molar-refractivity contribution is 0.102. The number of ether oxygens (including phenoxy) is 2. The molecule has 3 rings (SSSR count). The predicted molar refractivity (Wildman–Crippen MR) is 107 cm³/mol. The number of benzene rings is 2. The van der Waals surface area contributed by atoms with Crippen molar-refractivity contribution < 1.29 is 14.3 Å². The minimum atomic E-state index is -0.476. The molecule has 0 aliphatic heterocycles. The number of methoxy groups -OCH3 is 2. The fraction of sp³-hybridized carbons (Fsp3) is 0.250. The lowest BCUT2D eigenvalue weighted by Crippen LogP contribution is -2.16. The van der Waals surface area contributed by atoms with Gasteiger partial charge in [0.15, 0.2) is 11.5 Å². The summed E-state index contributed by atoms with van der Waals surface area (Å²) in [5, 5.41) is 10.8. The van der Waals surface area contributed by atoms with Crippen LogP contribution in [0.4, 0.5) is 11.5 Å². The van der Waals surface area contributed by atoms with E-state index < -0.39 is 5.91 Å². The number of carbonyl (C=O) groups is 1. The van der Waals surface area contributed by atoms with Gasteiger partial charge in [0.1, 0.15) is 11.5 Å². The van der Waals surface area contributed by atoms with Crippen molar-refractivity contribution in [3.63, 3.8) is 0 Å². The van der Waals surface area contributed by atoms with Gasteiger partial charge in [0.05, 0.1) is 26.5 Å². The third kappa shape index (κ3) is 3.90. The van der Waals surface area contributed by atoms with Crippen LogP contribution >= 0.6 is 0 Å². The van der Waals surface area contributed by atoms with E-state index in [1.54, 1.807) is 25.3 Å². The highest BCUT2D eigenvalue weighted by atomic mass is 16.5. The van der Waals surface area contributed by atoms with Crippen molar-refractivity contribution >= 4 is 17.4 Å². The van der Waals surface area contributed by atoms with Crippen molar-refractivity contribution in [2.75, 3.05) is 25.3 Å². The first-order valence-corrected chi connectivity index (χ1v) is 8.71. The van der Waals surface area contributed by atoms with Gasteiger partial charge in [-0.05, 0) is 37.1 Å². The largest absolute Gasteiger partial charge is 0.497 e. The van der Waals surface area contributed by atoms with E-state index >= 15 is 0 Å². The predicted octanol–water partition coefficient (Wildman–Crippen LogP) is 2.79. The van der Waals surface area contributed by atoms with E-state index in [0.717, 1.165) is 16.7 Å². The molecule has 0 aliphatic carbocycles. The lowest BCUT2D eigenvalue weighted by atomic mass is 10.1. The molecule has 1 heterocycles. The van der Waals surface area contributed by atoms with E-state index in [1.807, 2.05) is 26.0 Å². The highest BCUT2D eigenvalue weighted by Gasteiger charge is 2.20. The van der Waals surface area contributed by atoms with Crippen LogP contribution < -0.4 is 20.5 Å². The summed E-state index contributed by atoms with van der Waals surface area (Å²) in [6.07, 6.45) is 0. The van der Waals surface area contributed by atoms with Crippen LogP contribution in [0.1, 0.15) is 27.2 Å². The Balaban J connectivity index is 1.84. The standard InChI is InChI=1S/C20H23N5O3/c1-12-5-6-13(2)14(9-12)11-25-19(21)18(23-24-25)20(26)22-16-10-15(27-3)7-8-17(16)28-4/h5-10H,11,21H2,1-4H3,(H,22,26). The summed E-state index contributed by atoms with van der Waals surface area (Å²) in [4.78, 5) is 12.7. The van der Waals surface area contributed by atoms with Crippen molar-refractivity contribution in [3.8, 4) is 11.5 Å². The normalized spacial score (nSPS) is 10.6. The maximum Gasteiger partial charge on any atom is 0.280 e. The van der Waals surface area contributed by atoms with Crippen LogP contribution in [0.3, 0.4) is 0 Å². The first-order chi connectivity index (χ1) is 13.4. The van der Waals surface area contributed by atoms with Crippen molar-refractivity contribution in [1.29, 1.82) is 0 Å². The molecule has 0 fully saturated rings. The number of hydrogen-bond donors (Lipinski definition) is 2. The number of nitrogens with two attached hydrogens (primary N) is 1. The van der Waals surface area contributed by atoms with Gasteiger partial charge in [0.2, 0.25) is 0 Å². The summed E-state index contributed by atoms with van der Waals surface area (Å²) >= 11 is 0. The molecule has 1 amide bonds. The first-order valence-electron chi connectivity index (χ1n) is 8.71. The average molecular weight is 381 g/mol. The topological polar surface area (TPSA) is 104 Å². The molecular formula is C20H23N5O3. The first kappa shape index (κ1) is 19.2. The fourth-order valence-electron chi connectivity index (χ4n) is 2.82. The molecule has 146 valence electrons. The van der Waals surface area contributed by atoms with E-state index in [0.29, 0.717) is 23.7 Å². The summed E-state index contributed by atoms with van der Waals surface area (Å²) in [5.41, 5.74) is 9.97. The monoisotopic (exact) mass is 381 g/mol. The van der Waals surface area contributed by atoms with Crippen LogP contribution in [0.25, 0.3) is 0 Å². The Hall–Kier alpha value is -3.55. The fourth-order valence-corrected chi connectivity index (χ4v) is 2.82. The maximum atomic E-state index is 12.7. The number of aryl methyl sites for hydroxylation is 2. The van der Waals surface area contributed by atoms with E-state index in [9.17, 15) is 4.79 Å². The number of aromatic nitrogens is 3. The molecule has 0 bridgehead atoms. The zero-order chi connectivity index (χ0) is 20.3. The van der Waals surface area contributed by atoms with Gasteiger partial charge in [-0.15, -0.1) is 5.10 Å². The number of amides is 1. The summed E-state index contributed by atoms with van der Waals surface area (Å²) in [6, 6.07) is 11.3. The van der Waals surface area contributed by atoms with Crippen LogP contribution in [-0.4, -0.2) is 35.1 Å².